The second-order valence-electron chi connectivity index (χ2n) is 6.61. The Morgan fingerprint density at radius 1 is 1.09 bits per heavy atom. The Bertz CT molecular complexity index is 468. The van der Waals surface area contributed by atoms with Crippen molar-refractivity contribution < 1.29 is 36.3 Å². The molecule has 134 valence electrons. The van der Waals surface area contributed by atoms with Gasteiger partial charge in [-0.1, -0.05) is 0 Å². The van der Waals surface area contributed by atoms with Gasteiger partial charge in [0, 0.05) is 0 Å². The van der Waals surface area contributed by atoms with Crippen LogP contribution in [0, 0.1) is 0 Å². The number of rotatable bonds is 5. The summed E-state index contributed by atoms with van der Waals surface area (Å²) in [7, 11) is 0. The Morgan fingerprint density at radius 2 is 1.83 bits per heavy atom. The van der Waals surface area contributed by atoms with Crippen molar-refractivity contribution in [3.63, 3.8) is 0 Å². The van der Waals surface area contributed by atoms with E-state index in [-0.39, 0.29) is 12.7 Å². The van der Waals surface area contributed by atoms with Crippen molar-refractivity contribution in [3.8, 4) is 0 Å². The van der Waals surface area contributed by atoms with Gasteiger partial charge in [-0.2, -0.15) is 4.21 Å². The summed E-state index contributed by atoms with van der Waals surface area (Å²) in [4.78, 5) is 0. The third-order valence-electron chi connectivity index (χ3n) is 3.83. The zero-order valence-corrected chi connectivity index (χ0v) is 14.8. The molecule has 0 aromatic heterocycles. The van der Waals surface area contributed by atoms with E-state index in [0.717, 1.165) is 0 Å². The molecule has 1 unspecified atom stereocenters. The van der Waals surface area contributed by atoms with Crippen LogP contribution in [0.1, 0.15) is 34.6 Å². The van der Waals surface area contributed by atoms with Gasteiger partial charge in [0.1, 0.15) is 24.4 Å². The summed E-state index contributed by atoms with van der Waals surface area (Å²) in [6, 6.07) is 0. The fourth-order valence-corrected chi connectivity index (χ4v) is 3.65. The van der Waals surface area contributed by atoms with Crippen molar-refractivity contribution in [2.24, 2.45) is 0 Å². The zero-order valence-electron chi connectivity index (χ0n) is 14.0. The van der Waals surface area contributed by atoms with Crippen molar-refractivity contribution in [2.45, 2.75) is 76.9 Å². The molecule has 0 bridgehead atoms. The van der Waals surface area contributed by atoms with Gasteiger partial charge in [0.25, 0.3) is 0 Å². The second kappa shape index (κ2) is 6.30. The van der Waals surface area contributed by atoms with Gasteiger partial charge < -0.3 is 23.7 Å². The van der Waals surface area contributed by atoms with Crippen molar-refractivity contribution >= 4 is 11.4 Å². The molecule has 3 aliphatic rings. The van der Waals surface area contributed by atoms with E-state index in [1.54, 1.807) is 20.8 Å². The van der Waals surface area contributed by atoms with Gasteiger partial charge in [-0.05, 0) is 34.6 Å². The van der Waals surface area contributed by atoms with E-state index in [4.69, 9.17) is 32.1 Å². The Hall–Kier alpha value is -0.130. The average molecular weight is 352 g/mol. The van der Waals surface area contributed by atoms with Crippen LogP contribution in [0.3, 0.4) is 0 Å². The molecule has 0 N–H and O–H groups in total. The number of fused-ring (bicyclic) bond motifs is 1. The maximum atomic E-state index is 11.9. The normalized spacial score (nSPS) is 42.7. The molecule has 3 heterocycles. The molecule has 0 aliphatic carbocycles. The van der Waals surface area contributed by atoms with Gasteiger partial charge in [0.2, 0.25) is 0 Å². The molecule has 0 spiro atoms. The summed E-state index contributed by atoms with van der Waals surface area (Å²) in [6.07, 6.45) is -2.64. The summed E-state index contributed by atoms with van der Waals surface area (Å²) in [5.41, 5.74) is 0. The molecule has 0 aromatic carbocycles. The lowest BCUT2D eigenvalue weighted by Gasteiger charge is -2.28. The lowest BCUT2D eigenvalue weighted by atomic mass is 10.1. The topological polar surface area (TPSA) is 81.7 Å². The minimum Gasteiger partial charge on any atom is -0.348 e. The smallest absolute Gasteiger partial charge is 0.305 e. The second-order valence-corrected chi connectivity index (χ2v) is 7.44. The monoisotopic (exact) mass is 352 g/mol. The first-order valence-electron chi connectivity index (χ1n) is 7.76. The maximum absolute atomic E-state index is 11.9. The fourth-order valence-electron chi connectivity index (χ4n) is 3.00. The van der Waals surface area contributed by atoms with Crippen LogP contribution < -0.4 is 0 Å². The highest BCUT2D eigenvalue weighted by Crippen LogP contribution is 2.42. The molecule has 0 aromatic rings. The minimum atomic E-state index is -1.90. The summed E-state index contributed by atoms with van der Waals surface area (Å²) < 4.78 is 51.3. The number of hydrogen-bond acceptors (Lipinski definition) is 8. The summed E-state index contributed by atoms with van der Waals surface area (Å²) in [5, 5.41) is 0. The van der Waals surface area contributed by atoms with E-state index in [1.165, 1.54) is 0 Å². The maximum Gasteiger partial charge on any atom is 0.305 e. The largest absolute Gasteiger partial charge is 0.348 e. The molecule has 0 amide bonds. The first-order valence-corrected chi connectivity index (χ1v) is 8.76. The van der Waals surface area contributed by atoms with Gasteiger partial charge in [-0.15, -0.1) is 0 Å². The lowest BCUT2D eigenvalue weighted by Crippen LogP contribution is -2.44. The van der Waals surface area contributed by atoms with Crippen LogP contribution in [0.5, 0.6) is 0 Å². The number of ether oxygens (including phenoxy) is 5. The van der Waals surface area contributed by atoms with Crippen molar-refractivity contribution in [1.82, 2.24) is 0 Å². The first kappa shape index (κ1) is 17.7. The molecule has 0 saturated carbocycles. The standard InChI is InChI=1S/C14H24O8S/c1-6-17-23(15)22-10-9(8-7-16-13(2,3)19-8)18-12-11(10)20-14(4,5)21-12/h8-12H,6-7H2,1-5H3/t8-,9-,10+,11-,12-,23?/m1/s1. The van der Waals surface area contributed by atoms with Crippen LogP contribution in [0.25, 0.3) is 0 Å². The highest BCUT2D eigenvalue weighted by atomic mass is 32.2. The molecule has 3 saturated heterocycles. The molecule has 0 radical (unpaired) electrons. The summed E-state index contributed by atoms with van der Waals surface area (Å²) >= 11 is -1.90. The van der Waals surface area contributed by atoms with Crippen LogP contribution in [0.4, 0.5) is 0 Å². The molecule has 8 nitrogen and oxygen atoms in total. The van der Waals surface area contributed by atoms with Gasteiger partial charge in [0.15, 0.2) is 17.9 Å². The Morgan fingerprint density at radius 3 is 2.43 bits per heavy atom. The minimum absolute atomic E-state index is 0.276. The van der Waals surface area contributed by atoms with E-state index in [0.29, 0.717) is 6.61 Å². The number of hydrogen-bond donors (Lipinski definition) is 0. The van der Waals surface area contributed by atoms with E-state index in [2.05, 4.69) is 0 Å². The van der Waals surface area contributed by atoms with Gasteiger partial charge in [-0.25, -0.2) is 0 Å². The lowest BCUT2D eigenvalue weighted by molar-refractivity contribution is -0.230. The van der Waals surface area contributed by atoms with Crippen LogP contribution in [-0.4, -0.2) is 59.7 Å². The zero-order chi connectivity index (χ0) is 16.8. The molecule has 3 fully saturated rings. The highest BCUT2D eigenvalue weighted by Gasteiger charge is 2.59. The Kier molecular flexibility index (Phi) is 4.85. The third kappa shape index (κ3) is 3.77. The third-order valence-corrected chi connectivity index (χ3v) is 4.64. The van der Waals surface area contributed by atoms with Crippen LogP contribution in [0.15, 0.2) is 0 Å². The van der Waals surface area contributed by atoms with Crippen molar-refractivity contribution in [3.05, 3.63) is 0 Å². The van der Waals surface area contributed by atoms with Crippen LogP contribution in [0.2, 0.25) is 0 Å². The molecule has 3 rings (SSSR count). The predicted octanol–water partition coefficient (Wildman–Crippen LogP) is 1.01. The molecule has 9 heteroatoms. The molecule has 23 heavy (non-hydrogen) atoms. The summed E-state index contributed by atoms with van der Waals surface area (Å²) in [5.74, 6) is -1.49. The summed E-state index contributed by atoms with van der Waals surface area (Å²) in [6.45, 7) is 9.60. The van der Waals surface area contributed by atoms with Gasteiger partial charge >= 0.3 is 11.4 Å². The molecular weight excluding hydrogens is 328 g/mol. The van der Waals surface area contributed by atoms with E-state index >= 15 is 0 Å². The van der Waals surface area contributed by atoms with Crippen molar-refractivity contribution in [1.29, 1.82) is 0 Å². The average Bonchev–Trinajstić information content (AvgIpc) is 3.01. The van der Waals surface area contributed by atoms with Gasteiger partial charge in [-0.3, -0.25) is 8.37 Å². The van der Waals surface area contributed by atoms with Crippen LogP contribution in [-0.2, 0) is 43.4 Å². The Labute approximate surface area is 138 Å². The molecule has 6 atom stereocenters. The van der Waals surface area contributed by atoms with Gasteiger partial charge in [0.05, 0.1) is 13.2 Å². The molecular formula is C14H24O8S. The quantitative estimate of drug-likeness (QED) is 0.725. The van der Waals surface area contributed by atoms with E-state index in [1.807, 2.05) is 13.8 Å². The van der Waals surface area contributed by atoms with E-state index < -0.39 is 47.5 Å². The fraction of sp³-hybridized carbons (Fsp3) is 1.00. The Balaban J connectivity index is 1.75. The van der Waals surface area contributed by atoms with E-state index in [9.17, 15) is 4.21 Å². The first-order chi connectivity index (χ1) is 10.7. The van der Waals surface area contributed by atoms with Crippen LogP contribution >= 0.6 is 0 Å². The van der Waals surface area contributed by atoms with Crippen molar-refractivity contribution in [2.75, 3.05) is 13.2 Å². The SMILES string of the molecule is CCOS(=O)O[C@@H]1[C@H]2OC(C)(C)O[C@H]2O[C@@H]1[C@H]1COC(C)(C)O1. The molecule has 3 aliphatic heterocycles. The predicted molar refractivity (Wildman–Crippen MR) is 78.2 cm³/mol. The highest BCUT2D eigenvalue weighted by molar-refractivity contribution is 7.75.